The van der Waals surface area contributed by atoms with Crippen LogP contribution >= 0.6 is 0 Å². The van der Waals surface area contributed by atoms with Gasteiger partial charge in [-0.2, -0.15) is 0 Å². The van der Waals surface area contributed by atoms with Crippen LogP contribution in [0.5, 0.6) is 0 Å². The first-order valence-electron chi connectivity index (χ1n) is 2.45. The van der Waals surface area contributed by atoms with Gasteiger partial charge < -0.3 is 0 Å². The van der Waals surface area contributed by atoms with Crippen molar-refractivity contribution in [3.63, 3.8) is 0 Å². The van der Waals surface area contributed by atoms with Crippen molar-refractivity contribution in [3.05, 3.63) is 0 Å². The molecule has 0 aromatic carbocycles. The van der Waals surface area contributed by atoms with Gasteiger partial charge in [0.15, 0.2) is 0 Å². The molecule has 0 fully saturated rings. The number of hydrogen-bond donors (Lipinski definition) is 0. The van der Waals surface area contributed by atoms with Crippen LogP contribution in [0.4, 0.5) is 0 Å². The summed E-state index contributed by atoms with van der Waals surface area (Å²) in [5.41, 5.74) is 0. The number of hydrogen-bond acceptors (Lipinski definition) is 4. The summed E-state index contributed by atoms with van der Waals surface area (Å²) in [6.07, 6.45) is 0. The van der Waals surface area contributed by atoms with Crippen molar-refractivity contribution in [2.24, 2.45) is 0 Å². The molecular formula is C4H12GeO4. The normalized spacial score (nSPS) is 12.0. The van der Waals surface area contributed by atoms with E-state index in [1.165, 1.54) is 28.4 Å². The summed E-state index contributed by atoms with van der Waals surface area (Å²) >= 11 is -3.17. The molecule has 0 N–H and O–H groups in total. The predicted molar refractivity (Wildman–Crippen MR) is 33.8 cm³/mol. The first kappa shape index (κ1) is 9.38. The molecule has 0 rings (SSSR count). The Labute approximate surface area is 58.8 Å². The maximum absolute atomic E-state index is 4.91. The fourth-order valence-corrected chi connectivity index (χ4v) is 2.60. The minimum absolute atomic E-state index is 1.51. The molecule has 0 heterocycles. The van der Waals surface area contributed by atoms with E-state index in [1.54, 1.807) is 0 Å². The molecule has 0 amide bonds. The molecule has 5 heteroatoms. The Kier molecular flexibility index (Phi) is 4.42. The molecule has 0 bridgehead atoms. The van der Waals surface area contributed by atoms with Crippen LogP contribution in [0.25, 0.3) is 0 Å². The van der Waals surface area contributed by atoms with Gasteiger partial charge in [0.1, 0.15) is 0 Å². The monoisotopic (exact) mass is 198 g/mol. The summed E-state index contributed by atoms with van der Waals surface area (Å²) < 4.78 is 19.6. The van der Waals surface area contributed by atoms with Crippen LogP contribution in [0.3, 0.4) is 0 Å². The van der Waals surface area contributed by atoms with Crippen LogP contribution in [0.2, 0.25) is 0 Å². The summed E-state index contributed by atoms with van der Waals surface area (Å²) in [4.78, 5) is 0. The van der Waals surface area contributed by atoms with Gasteiger partial charge in [0.25, 0.3) is 0 Å². The van der Waals surface area contributed by atoms with Crippen molar-refractivity contribution < 1.29 is 15.1 Å². The molecule has 0 spiro atoms. The zero-order valence-corrected chi connectivity index (χ0v) is 8.23. The van der Waals surface area contributed by atoms with Gasteiger partial charge in [0.05, 0.1) is 0 Å². The second kappa shape index (κ2) is 4.24. The van der Waals surface area contributed by atoms with Crippen molar-refractivity contribution in [2.75, 3.05) is 28.4 Å². The predicted octanol–water partition coefficient (Wildman–Crippen LogP) is 0.00760. The molecule has 0 aliphatic heterocycles. The van der Waals surface area contributed by atoms with E-state index < -0.39 is 14.6 Å². The van der Waals surface area contributed by atoms with E-state index in [4.69, 9.17) is 15.1 Å². The van der Waals surface area contributed by atoms with Gasteiger partial charge in [-0.25, -0.2) is 0 Å². The second-order valence-electron chi connectivity index (χ2n) is 1.32. The topological polar surface area (TPSA) is 36.9 Å². The van der Waals surface area contributed by atoms with Crippen molar-refractivity contribution in [1.29, 1.82) is 0 Å². The average Bonchev–Trinajstić information content (AvgIpc) is 1.95. The number of rotatable bonds is 4. The summed E-state index contributed by atoms with van der Waals surface area (Å²) in [7, 11) is 6.04. The molecule has 0 saturated carbocycles. The average molecular weight is 197 g/mol. The van der Waals surface area contributed by atoms with Crippen LogP contribution in [0.15, 0.2) is 0 Å². The van der Waals surface area contributed by atoms with Gasteiger partial charge in [-0.05, 0) is 0 Å². The summed E-state index contributed by atoms with van der Waals surface area (Å²) in [5.74, 6) is 0. The molecule has 0 unspecified atom stereocenters. The van der Waals surface area contributed by atoms with E-state index in [1.807, 2.05) is 0 Å². The fourth-order valence-electron chi connectivity index (χ4n) is 0.500. The Bertz CT molecular complexity index is 55.5. The molecule has 0 aromatic heterocycles. The Morgan fingerprint density at radius 3 is 0.889 bits per heavy atom. The second-order valence-corrected chi connectivity index (χ2v) is 6.84. The van der Waals surface area contributed by atoms with Gasteiger partial charge in [-0.15, -0.1) is 0 Å². The maximum atomic E-state index is 4.91. The van der Waals surface area contributed by atoms with Gasteiger partial charge in [0, 0.05) is 0 Å². The zero-order chi connectivity index (χ0) is 7.33. The first-order chi connectivity index (χ1) is 4.24. The standard InChI is InChI=1S/C4H12GeO4/c1-6-5(7-2,8-3)9-4/h1-4H3. The molecule has 0 aliphatic carbocycles. The van der Waals surface area contributed by atoms with E-state index in [0.717, 1.165) is 0 Å². The van der Waals surface area contributed by atoms with Crippen LogP contribution in [-0.4, -0.2) is 43.1 Å². The van der Waals surface area contributed by atoms with E-state index in [2.05, 4.69) is 0 Å². The van der Waals surface area contributed by atoms with E-state index in [9.17, 15) is 0 Å². The molecule has 0 radical (unpaired) electrons. The van der Waals surface area contributed by atoms with Crippen molar-refractivity contribution >= 4 is 14.6 Å². The van der Waals surface area contributed by atoms with Crippen LogP contribution < -0.4 is 0 Å². The van der Waals surface area contributed by atoms with E-state index in [0.29, 0.717) is 0 Å². The Morgan fingerprint density at radius 2 is 0.889 bits per heavy atom. The molecule has 0 saturated heterocycles. The molecular weight excluding hydrogens is 185 g/mol. The molecule has 56 valence electrons. The third-order valence-electron chi connectivity index (χ3n) is 1.00. The first-order valence-corrected chi connectivity index (χ1v) is 5.88. The third kappa shape index (κ3) is 2.23. The van der Waals surface area contributed by atoms with Crippen LogP contribution in [0.1, 0.15) is 0 Å². The van der Waals surface area contributed by atoms with E-state index >= 15 is 0 Å². The molecule has 9 heavy (non-hydrogen) atoms. The van der Waals surface area contributed by atoms with Crippen molar-refractivity contribution in [3.8, 4) is 0 Å². The fraction of sp³-hybridized carbons (Fsp3) is 1.00. The van der Waals surface area contributed by atoms with E-state index in [-0.39, 0.29) is 0 Å². The van der Waals surface area contributed by atoms with Gasteiger partial charge in [-0.1, -0.05) is 0 Å². The van der Waals surface area contributed by atoms with Gasteiger partial charge in [-0.3, -0.25) is 0 Å². The quantitative estimate of drug-likeness (QED) is 0.594. The Balaban J connectivity index is 3.82. The van der Waals surface area contributed by atoms with Crippen molar-refractivity contribution in [2.45, 2.75) is 0 Å². The SMILES string of the molecule is C[O][Ge]([O]C)([O]C)[O]C. The third-order valence-corrected chi connectivity index (χ3v) is 5.20. The van der Waals surface area contributed by atoms with Gasteiger partial charge >= 0.3 is 58.1 Å². The molecule has 0 aliphatic rings. The minimum atomic E-state index is -3.17. The molecule has 4 nitrogen and oxygen atoms in total. The zero-order valence-electron chi connectivity index (χ0n) is 6.13. The molecule has 0 atom stereocenters. The Hall–Kier alpha value is 0.383. The Morgan fingerprint density at radius 1 is 0.667 bits per heavy atom. The van der Waals surface area contributed by atoms with Crippen LogP contribution in [-0.2, 0) is 15.1 Å². The molecule has 0 aromatic rings. The summed E-state index contributed by atoms with van der Waals surface area (Å²) in [5, 5.41) is 0. The summed E-state index contributed by atoms with van der Waals surface area (Å²) in [6.45, 7) is 0. The van der Waals surface area contributed by atoms with Crippen LogP contribution in [0, 0.1) is 0 Å². The van der Waals surface area contributed by atoms with Gasteiger partial charge in [0.2, 0.25) is 0 Å². The summed E-state index contributed by atoms with van der Waals surface area (Å²) in [6, 6.07) is 0. The van der Waals surface area contributed by atoms with Crippen molar-refractivity contribution in [1.82, 2.24) is 0 Å².